The number of hydrogen-bond acceptors (Lipinski definition) is 6. The first-order chi connectivity index (χ1) is 17.6. The van der Waals surface area contributed by atoms with Crippen molar-refractivity contribution in [3.63, 3.8) is 0 Å². The molecule has 2 aliphatic rings. The summed E-state index contributed by atoms with van der Waals surface area (Å²) in [7, 11) is 0. The highest BCUT2D eigenvalue weighted by atomic mass is 16.5. The molecule has 4 rings (SSSR count). The Morgan fingerprint density at radius 2 is 1.81 bits per heavy atom. The second-order valence-corrected chi connectivity index (χ2v) is 8.75. The first kappa shape index (κ1) is 25.4. The van der Waals surface area contributed by atoms with Gasteiger partial charge in [0.25, 0.3) is 5.91 Å². The molecule has 1 atom stereocenters. The fraction of sp³-hybridized carbons (Fsp3) is 0.310. The third kappa shape index (κ3) is 6.11. The van der Waals surface area contributed by atoms with Crippen molar-refractivity contribution in [2.24, 2.45) is 0 Å². The van der Waals surface area contributed by atoms with Gasteiger partial charge in [0.15, 0.2) is 11.5 Å². The lowest BCUT2D eigenvalue weighted by atomic mass is 9.95. The lowest BCUT2D eigenvalue weighted by Crippen LogP contribution is -2.39. The summed E-state index contributed by atoms with van der Waals surface area (Å²) in [4.78, 5) is 30.3. The molecular formula is C29H32N2O5. The van der Waals surface area contributed by atoms with Crippen LogP contribution in [0.15, 0.2) is 84.7 Å². The summed E-state index contributed by atoms with van der Waals surface area (Å²) < 4.78 is 11.0. The number of rotatable bonds is 11. The molecule has 1 fully saturated rings. The summed E-state index contributed by atoms with van der Waals surface area (Å²) in [5.74, 6) is -0.740. The van der Waals surface area contributed by atoms with Gasteiger partial charge in [-0.3, -0.25) is 14.5 Å². The lowest BCUT2D eigenvalue weighted by Gasteiger charge is -2.30. The van der Waals surface area contributed by atoms with Gasteiger partial charge in [0.1, 0.15) is 12.4 Å². The molecule has 1 unspecified atom stereocenters. The number of ketones is 1. The Hall–Kier alpha value is -3.68. The summed E-state index contributed by atoms with van der Waals surface area (Å²) in [6.45, 7) is 8.40. The van der Waals surface area contributed by atoms with Gasteiger partial charge in [-0.25, -0.2) is 0 Å². The van der Waals surface area contributed by atoms with Crippen molar-refractivity contribution in [1.29, 1.82) is 0 Å². The molecular weight excluding hydrogens is 456 g/mol. The summed E-state index contributed by atoms with van der Waals surface area (Å²) in [5, 5.41) is 10.8. The average molecular weight is 489 g/mol. The lowest BCUT2D eigenvalue weighted by molar-refractivity contribution is -0.129. The van der Waals surface area contributed by atoms with Gasteiger partial charge < -0.3 is 19.5 Å². The van der Waals surface area contributed by atoms with Gasteiger partial charge >= 0.3 is 0 Å². The summed E-state index contributed by atoms with van der Waals surface area (Å²) in [6, 6.07) is 16.0. The minimum atomic E-state index is -0.677. The highest BCUT2D eigenvalue weighted by Gasteiger charge is 2.42. The topological polar surface area (TPSA) is 79.3 Å². The van der Waals surface area contributed by atoms with Crippen molar-refractivity contribution in [3.05, 3.63) is 95.8 Å². The average Bonchev–Trinajstić information content (AvgIpc) is 3.17. The molecule has 1 N–H and O–H groups in total. The van der Waals surface area contributed by atoms with Crippen LogP contribution in [0.25, 0.3) is 6.08 Å². The molecule has 188 valence electrons. The molecule has 0 spiro atoms. The Morgan fingerprint density at radius 1 is 1.08 bits per heavy atom. The summed E-state index contributed by atoms with van der Waals surface area (Å²) in [5.41, 5.74) is 1.69. The van der Waals surface area contributed by atoms with Crippen LogP contribution in [0.4, 0.5) is 0 Å². The van der Waals surface area contributed by atoms with E-state index in [1.165, 1.54) is 6.08 Å². The Morgan fingerprint density at radius 3 is 2.50 bits per heavy atom. The van der Waals surface area contributed by atoms with Gasteiger partial charge in [-0.2, -0.15) is 0 Å². The van der Waals surface area contributed by atoms with E-state index in [0.717, 1.165) is 37.2 Å². The molecule has 2 aliphatic heterocycles. The van der Waals surface area contributed by atoms with E-state index in [0.29, 0.717) is 32.1 Å². The maximum absolute atomic E-state index is 13.3. The predicted molar refractivity (Wildman–Crippen MR) is 139 cm³/mol. The molecule has 0 aromatic heterocycles. The summed E-state index contributed by atoms with van der Waals surface area (Å²) >= 11 is 0. The molecule has 2 heterocycles. The molecule has 2 aromatic rings. The fourth-order valence-corrected chi connectivity index (χ4v) is 4.50. The first-order valence-corrected chi connectivity index (χ1v) is 12.2. The van der Waals surface area contributed by atoms with Crippen molar-refractivity contribution >= 4 is 17.8 Å². The number of allylic oxidation sites excluding steroid dienone is 1. The zero-order chi connectivity index (χ0) is 25.3. The standard InChI is InChI=1S/C29H32N2O5/c1-2-19-36-24-12-10-23(11-13-24)27-26(25(32)14-9-22-7-4-3-5-8-22)28(33)29(34)31(27)16-6-15-30-17-20-35-21-18-30/h2-5,7-14,27,33H,1,6,15-21H2/b14-9+. The minimum absolute atomic E-state index is 0.0957. The molecule has 7 nitrogen and oxygen atoms in total. The number of carbonyl (C=O) groups excluding carboxylic acids is 2. The van der Waals surface area contributed by atoms with E-state index in [4.69, 9.17) is 9.47 Å². The number of hydrogen-bond donors (Lipinski definition) is 1. The van der Waals surface area contributed by atoms with Crippen LogP contribution < -0.4 is 4.74 Å². The Labute approximate surface area is 211 Å². The van der Waals surface area contributed by atoms with E-state index in [1.54, 1.807) is 29.2 Å². The second-order valence-electron chi connectivity index (χ2n) is 8.75. The Kier molecular flexibility index (Phi) is 8.71. The Balaban J connectivity index is 1.57. The molecule has 2 aromatic carbocycles. The number of aliphatic hydroxyl groups excluding tert-OH is 1. The third-order valence-electron chi connectivity index (χ3n) is 6.34. The quantitative estimate of drug-likeness (QED) is 0.381. The number of aliphatic hydroxyl groups is 1. The fourth-order valence-electron chi connectivity index (χ4n) is 4.50. The number of morpholine rings is 1. The van der Waals surface area contributed by atoms with E-state index in [-0.39, 0.29) is 5.57 Å². The van der Waals surface area contributed by atoms with Crippen LogP contribution in [0.1, 0.15) is 23.6 Å². The molecule has 0 aliphatic carbocycles. The molecule has 0 saturated carbocycles. The molecule has 0 radical (unpaired) electrons. The van der Waals surface area contributed by atoms with E-state index in [2.05, 4.69) is 11.5 Å². The van der Waals surface area contributed by atoms with Gasteiger partial charge in [-0.15, -0.1) is 0 Å². The third-order valence-corrected chi connectivity index (χ3v) is 6.34. The van der Waals surface area contributed by atoms with Gasteiger partial charge in [0.2, 0.25) is 0 Å². The molecule has 1 amide bonds. The van der Waals surface area contributed by atoms with E-state index >= 15 is 0 Å². The minimum Gasteiger partial charge on any atom is -0.503 e. The van der Waals surface area contributed by atoms with Crippen LogP contribution in [-0.2, 0) is 14.3 Å². The SMILES string of the molecule is C=CCOc1ccc(C2C(C(=O)/C=C/c3ccccc3)=C(O)C(=O)N2CCCN2CCOCC2)cc1. The maximum Gasteiger partial charge on any atom is 0.290 e. The molecule has 1 saturated heterocycles. The van der Waals surface area contributed by atoms with E-state index < -0.39 is 23.5 Å². The van der Waals surface area contributed by atoms with Crippen molar-refractivity contribution in [2.75, 3.05) is 46.0 Å². The second kappa shape index (κ2) is 12.3. The molecule has 7 heteroatoms. The zero-order valence-corrected chi connectivity index (χ0v) is 20.3. The van der Waals surface area contributed by atoms with Crippen molar-refractivity contribution in [2.45, 2.75) is 12.5 Å². The first-order valence-electron chi connectivity index (χ1n) is 12.2. The smallest absolute Gasteiger partial charge is 0.290 e. The van der Waals surface area contributed by atoms with Crippen molar-refractivity contribution in [3.8, 4) is 5.75 Å². The number of ether oxygens (including phenoxy) is 2. The number of nitrogens with zero attached hydrogens (tertiary/aromatic N) is 2. The maximum atomic E-state index is 13.3. The normalized spacial score (nSPS) is 18.7. The van der Waals surface area contributed by atoms with Crippen LogP contribution in [0.5, 0.6) is 5.75 Å². The van der Waals surface area contributed by atoms with Gasteiger partial charge in [0.05, 0.1) is 24.8 Å². The highest BCUT2D eigenvalue weighted by molar-refractivity contribution is 6.14. The van der Waals surface area contributed by atoms with E-state index in [9.17, 15) is 14.7 Å². The van der Waals surface area contributed by atoms with Gasteiger partial charge in [-0.05, 0) is 35.8 Å². The summed E-state index contributed by atoms with van der Waals surface area (Å²) in [6.07, 6.45) is 5.49. The van der Waals surface area contributed by atoms with Gasteiger partial charge in [-0.1, -0.05) is 61.2 Å². The highest BCUT2D eigenvalue weighted by Crippen LogP contribution is 2.38. The zero-order valence-electron chi connectivity index (χ0n) is 20.3. The van der Waals surface area contributed by atoms with Crippen LogP contribution >= 0.6 is 0 Å². The molecule has 36 heavy (non-hydrogen) atoms. The number of benzene rings is 2. The number of carbonyl (C=O) groups is 2. The van der Waals surface area contributed by atoms with E-state index in [1.807, 2.05) is 42.5 Å². The van der Waals surface area contributed by atoms with Gasteiger partial charge in [0, 0.05) is 26.2 Å². The van der Waals surface area contributed by atoms with Crippen LogP contribution in [0.2, 0.25) is 0 Å². The predicted octanol–water partition coefficient (Wildman–Crippen LogP) is 3.95. The number of amides is 1. The van der Waals surface area contributed by atoms with Crippen LogP contribution in [0, 0.1) is 0 Å². The monoisotopic (exact) mass is 488 g/mol. The van der Waals surface area contributed by atoms with Crippen molar-refractivity contribution < 1.29 is 24.2 Å². The van der Waals surface area contributed by atoms with Crippen LogP contribution in [0.3, 0.4) is 0 Å². The Bertz CT molecular complexity index is 1120. The van der Waals surface area contributed by atoms with Crippen molar-refractivity contribution in [1.82, 2.24) is 9.80 Å². The van der Waals surface area contributed by atoms with Crippen LogP contribution in [-0.4, -0.2) is 72.6 Å². The largest absolute Gasteiger partial charge is 0.503 e. The molecule has 0 bridgehead atoms.